The number of aromatic nitrogens is 4. The van der Waals surface area contributed by atoms with Crippen LogP contribution in [-0.2, 0) is 11.3 Å². The van der Waals surface area contributed by atoms with Crippen molar-refractivity contribution in [3.63, 3.8) is 0 Å². The number of carbonyl (C=O) groups excluding carboxylic acids is 1. The van der Waals surface area contributed by atoms with Crippen LogP contribution < -0.4 is 10.9 Å². The Morgan fingerprint density at radius 2 is 1.82 bits per heavy atom. The van der Waals surface area contributed by atoms with Gasteiger partial charge < -0.3 is 10.2 Å². The van der Waals surface area contributed by atoms with Crippen LogP contribution in [0.5, 0.6) is 0 Å². The number of hydrogen-bond acceptors (Lipinski definition) is 9. The minimum atomic E-state index is 0.454. The maximum Gasteiger partial charge on any atom is 0.170 e. The largest absolute Gasteiger partial charge is 0.307 e. The van der Waals surface area contributed by atoms with Crippen LogP contribution in [0.25, 0.3) is 11.4 Å². The highest BCUT2D eigenvalue weighted by Crippen LogP contribution is 2.44. The number of benzene rings is 1. The molecular formula is C29H37N7OS. The van der Waals surface area contributed by atoms with E-state index in [1.54, 1.807) is 6.33 Å². The molecule has 5 rings (SSSR count). The maximum atomic E-state index is 8.00. The van der Waals surface area contributed by atoms with Crippen LogP contribution in [0.15, 0.2) is 40.5 Å². The molecule has 1 aromatic carbocycles. The second kappa shape index (κ2) is 13.1. The fourth-order valence-electron chi connectivity index (χ4n) is 4.39. The molecule has 3 aromatic rings. The van der Waals surface area contributed by atoms with Crippen molar-refractivity contribution in [2.75, 3.05) is 11.2 Å². The Bertz CT molecular complexity index is 1260. The van der Waals surface area contributed by atoms with Gasteiger partial charge in [0.05, 0.1) is 22.6 Å². The molecule has 2 aliphatic carbocycles. The summed E-state index contributed by atoms with van der Waals surface area (Å²) in [5.74, 6) is 4.10. The van der Waals surface area contributed by atoms with E-state index < -0.39 is 0 Å². The van der Waals surface area contributed by atoms with Gasteiger partial charge in [-0.3, -0.25) is 4.99 Å². The first-order valence-corrected chi connectivity index (χ1v) is 14.3. The lowest BCUT2D eigenvalue weighted by molar-refractivity contribution is -0.0979. The molecule has 2 aromatic heterocycles. The van der Waals surface area contributed by atoms with Crippen molar-refractivity contribution in [1.29, 1.82) is 0 Å². The van der Waals surface area contributed by atoms with Crippen molar-refractivity contribution >= 4 is 36.3 Å². The number of carbonyl (C=O) groups is 1. The Labute approximate surface area is 229 Å². The van der Waals surface area contributed by atoms with E-state index in [-0.39, 0.29) is 0 Å². The summed E-state index contributed by atoms with van der Waals surface area (Å²) in [6.45, 7) is 11.1. The smallest absolute Gasteiger partial charge is 0.170 e. The Balaban J connectivity index is 0.00000164. The summed E-state index contributed by atoms with van der Waals surface area (Å²) in [7, 11) is 0. The summed E-state index contributed by atoms with van der Waals surface area (Å²) in [5, 5.41) is 0. The van der Waals surface area contributed by atoms with Crippen molar-refractivity contribution in [2.45, 2.75) is 70.7 Å². The van der Waals surface area contributed by atoms with Crippen LogP contribution in [0, 0.1) is 25.7 Å². The second-order valence-electron chi connectivity index (χ2n) is 9.85. The highest BCUT2D eigenvalue weighted by atomic mass is 32.2. The molecule has 0 radical (unpaired) electrons. The number of aliphatic imine (C=N–C) groups is 1. The number of rotatable bonds is 11. The van der Waals surface area contributed by atoms with E-state index in [0.717, 1.165) is 52.8 Å². The zero-order valence-corrected chi connectivity index (χ0v) is 23.5. The molecular weight excluding hydrogens is 494 g/mol. The molecule has 9 heteroatoms. The van der Waals surface area contributed by atoms with Gasteiger partial charge in [-0.1, -0.05) is 26.0 Å². The first-order chi connectivity index (χ1) is 18.5. The van der Waals surface area contributed by atoms with Crippen molar-refractivity contribution in [1.82, 2.24) is 25.4 Å². The van der Waals surface area contributed by atoms with E-state index in [0.29, 0.717) is 30.0 Å². The quantitative estimate of drug-likeness (QED) is 0.171. The number of nitrogens with one attached hydrogen (secondary N) is 2. The summed E-state index contributed by atoms with van der Waals surface area (Å²) < 4.78 is 0. The number of anilines is 1. The Hall–Kier alpha value is -3.17. The zero-order valence-electron chi connectivity index (χ0n) is 22.7. The molecule has 2 N–H and O–H groups in total. The van der Waals surface area contributed by atoms with Crippen LogP contribution in [0.4, 0.5) is 11.5 Å². The van der Waals surface area contributed by atoms with Gasteiger partial charge in [0.25, 0.3) is 0 Å². The summed E-state index contributed by atoms with van der Waals surface area (Å²) in [4.78, 5) is 33.1. The summed E-state index contributed by atoms with van der Waals surface area (Å²) in [6.07, 6.45) is 8.62. The number of nitrogens with zero attached hydrogens (tertiary/aromatic N) is 5. The molecule has 2 heterocycles. The lowest BCUT2D eigenvalue weighted by atomic mass is 10.1. The molecule has 8 nitrogen and oxygen atoms in total. The number of thioether (sulfide) groups is 1. The molecule has 200 valence electrons. The molecule has 2 saturated carbocycles. The molecule has 0 aliphatic heterocycles. The SMILES string of the molecule is C=O.CCSc1ccc(CNNc2nc(-c3c(C)ncnc3C3CC3)nc(C)c2N=CC(C)C2CC2)cc1. The van der Waals surface area contributed by atoms with E-state index >= 15 is 0 Å². The van der Waals surface area contributed by atoms with Crippen LogP contribution in [0.1, 0.15) is 68.1 Å². The van der Waals surface area contributed by atoms with Gasteiger partial charge in [-0.25, -0.2) is 25.4 Å². The average molecular weight is 532 g/mol. The number of hydrazine groups is 1. The average Bonchev–Trinajstić information content (AvgIpc) is 3.84. The molecule has 0 bridgehead atoms. The Morgan fingerprint density at radius 1 is 1.08 bits per heavy atom. The van der Waals surface area contributed by atoms with Crippen molar-refractivity contribution < 1.29 is 4.79 Å². The van der Waals surface area contributed by atoms with Gasteiger partial charge in [-0.15, -0.1) is 11.8 Å². The molecule has 0 spiro atoms. The zero-order chi connectivity index (χ0) is 27.1. The predicted molar refractivity (Wildman–Crippen MR) is 155 cm³/mol. The van der Waals surface area contributed by atoms with E-state index in [2.05, 4.69) is 65.1 Å². The fraction of sp³-hybridized carbons (Fsp3) is 0.448. The van der Waals surface area contributed by atoms with E-state index in [4.69, 9.17) is 19.8 Å². The second-order valence-corrected chi connectivity index (χ2v) is 11.2. The molecule has 0 saturated heterocycles. The fourth-order valence-corrected chi connectivity index (χ4v) is 5.05. The minimum absolute atomic E-state index is 0.454. The highest BCUT2D eigenvalue weighted by molar-refractivity contribution is 7.99. The standard InChI is InChI=1S/C28H35N7S.CH2O/c1-5-36-23-12-6-20(7-13-23)15-32-35-28-25(29-14-17(2)21-8-9-21)19(4)33-27(34-28)24-18(3)30-16-31-26(24)22-10-11-22;1-2/h6-7,12-14,16-17,21-22,32H,5,8-11,15H2,1-4H3,(H,33,34,35);1H2. The maximum absolute atomic E-state index is 8.00. The van der Waals surface area contributed by atoms with Crippen LogP contribution in [-0.4, -0.2) is 38.7 Å². The van der Waals surface area contributed by atoms with Crippen LogP contribution >= 0.6 is 11.8 Å². The van der Waals surface area contributed by atoms with E-state index in [9.17, 15) is 0 Å². The van der Waals surface area contributed by atoms with Gasteiger partial charge in [0.15, 0.2) is 11.6 Å². The summed E-state index contributed by atoms with van der Waals surface area (Å²) >= 11 is 1.85. The third-order valence-corrected chi connectivity index (χ3v) is 7.74. The molecule has 1 unspecified atom stereocenters. The lowest BCUT2D eigenvalue weighted by Crippen LogP contribution is -2.22. The Kier molecular flexibility index (Phi) is 9.58. The van der Waals surface area contributed by atoms with Gasteiger partial charge in [0, 0.05) is 23.6 Å². The summed E-state index contributed by atoms with van der Waals surface area (Å²) in [5.41, 5.74) is 12.4. The van der Waals surface area contributed by atoms with Crippen molar-refractivity contribution in [3.05, 3.63) is 53.2 Å². The lowest BCUT2D eigenvalue weighted by Gasteiger charge is -2.16. The monoisotopic (exact) mass is 531 g/mol. The topological polar surface area (TPSA) is 105 Å². The number of hydrogen-bond donors (Lipinski definition) is 2. The Morgan fingerprint density at radius 3 is 2.47 bits per heavy atom. The summed E-state index contributed by atoms with van der Waals surface area (Å²) in [6, 6.07) is 8.66. The molecule has 1 atom stereocenters. The molecule has 38 heavy (non-hydrogen) atoms. The molecule has 2 fully saturated rings. The molecule has 0 amide bonds. The van der Waals surface area contributed by atoms with Gasteiger partial charge in [-0.05, 0) is 74.8 Å². The first-order valence-electron chi connectivity index (χ1n) is 13.3. The van der Waals surface area contributed by atoms with Gasteiger partial charge in [0.2, 0.25) is 0 Å². The normalized spacial score (nSPS) is 15.7. The van der Waals surface area contributed by atoms with Gasteiger partial charge in [-0.2, -0.15) is 0 Å². The first kappa shape index (κ1) is 27.9. The minimum Gasteiger partial charge on any atom is -0.307 e. The molecule has 2 aliphatic rings. The van der Waals surface area contributed by atoms with Crippen LogP contribution in [0.3, 0.4) is 0 Å². The van der Waals surface area contributed by atoms with Crippen molar-refractivity contribution in [3.8, 4) is 11.4 Å². The third-order valence-electron chi connectivity index (χ3n) is 6.85. The number of aryl methyl sites for hydroxylation is 2. The van der Waals surface area contributed by atoms with Crippen molar-refractivity contribution in [2.24, 2.45) is 16.8 Å². The predicted octanol–water partition coefficient (Wildman–Crippen LogP) is 6.22. The van der Waals surface area contributed by atoms with Gasteiger partial charge in [0.1, 0.15) is 18.8 Å². The van der Waals surface area contributed by atoms with Gasteiger partial charge >= 0.3 is 0 Å². The third kappa shape index (κ3) is 7.02. The van der Waals surface area contributed by atoms with E-state index in [1.165, 1.54) is 23.3 Å². The van der Waals surface area contributed by atoms with Crippen LogP contribution in [0.2, 0.25) is 0 Å². The highest BCUT2D eigenvalue weighted by Gasteiger charge is 2.31. The van der Waals surface area contributed by atoms with E-state index in [1.807, 2.05) is 32.4 Å².